The van der Waals surface area contributed by atoms with Crippen LogP contribution in [0.4, 0.5) is 0 Å². The molecule has 0 aromatic carbocycles. The maximum absolute atomic E-state index is 11.4. The van der Waals surface area contributed by atoms with Crippen LogP contribution < -0.4 is 5.73 Å². The maximum atomic E-state index is 11.4. The first-order chi connectivity index (χ1) is 9.10. The number of aromatic nitrogens is 2. The van der Waals surface area contributed by atoms with E-state index >= 15 is 0 Å². The van der Waals surface area contributed by atoms with Crippen molar-refractivity contribution in [2.24, 2.45) is 5.73 Å². The monoisotopic (exact) mass is 266 g/mol. The molecule has 1 aliphatic heterocycles. The van der Waals surface area contributed by atoms with E-state index in [0.717, 1.165) is 31.6 Å². The fraction of sp³-hybridized carbons (Fsp3) is 0.692. The lowest BCUT2D eigenvalue weighted by molar-refractivity contribution is -0.142. The minimum absolute atomic E-state index is 0.0968. The van der Waals surface area contributed by atoms with Gasteiger partial charge in [0.05, 0.1) is 12.0 Å². The van der Waals surface area contributed by atoms with E-state index in [1.807, 2.05) is 15.7 Å². The highest BCUT2D eigenvalue weighted by molar-refractivity contribution is 5.73. The maximum Gasteiger partial charge on any atom is 0.321 e. The molecule has 0 aliphatic carbocycles. The molecule has 106 valence electrons. The van der Waals surface area contributed by atoms with E-state index in [1.54, 1.807) is 6.33 Å². The summed E-state index contributed by atoms with van der Waals surface area (Å²) in [6, 6.07) is -0.418. The Labute approximate surface area is 113 Å². The molecule has 0 radical (unpaired) electrons. The number of hydrogen-bond donors (Lipinski definition) is 2. The van der Waals surface area contributed by atoms with Crippen molar-refractivity contribution in [2.45, 2.75) is 44.8 Å². The lowest BCUT2D eigenvalue weighted by atomic mass is 10.1. The highest BCUT2D eigenvalue weighted by Gasteiger charge is 2.31. The van der Waals surface area contributed by atoms with Crippen LogP contribution in [-0.2, 0) is 17.8 Å². The third kappa shape index (κ3) is 3.54. The van der Waals surface area contributed by atoms with Crippen molar-refractivity contribution >= 4 is 5.97 Å². The molecule has 1 aromatic heterocycles. The van der Waals surface area contributed by atoms with Crippen molar-refractivity contribution in [3.8, 4) is 0 Å². The number of carboxylic acid groups (broad SMARTS) is 1. The van der Waals surface area contributed by atoms with Crippen LogP contribution in [0.15, 0.2) is 12.5 Å². The van der Waals surface area contributed by atoms with Crippen LogP contribution in [0.2, 0.25) is 0 Å². The van der Waals surface area contributed by atoms with Gasteiger partial charge in [-0.3, -0.25) is 9.69 Å². The lowest BCUT2D eigenvalue weighted by Gasteiger charge is -2.23. The van der Waals surface area contributed by atoms with E-state index in [-0.39, 0.29) is 6.04 Å². The van der Waals surface area contributed by atoms with Gasteiger partial charge in [-0.05, 0) is 12.8 Å². The third-order valence-electron chi connectivity index (χ3n) is 3.55. The Balaban J connectivity index is 2.01. The summed E-state index contributed by atoms with van der Waals surface area (Å²) in [5.41, 5.74) is 6.68. The Hall–Kier alpha value is -1.40. The number of carbonyl (C=O) groups is 1. The third-order valence-corrected chi connectivity index (χ3v) is 3.55. The first-order valence-corrected chi connectivity index (χ1v) is 6.83. The lowest BCUT2D eigenvalue weighted by Crippen LogP contribution is -2.42. The van der Waals surface area contributed by atoms with Gasteiger partial charge in [0.25, 0.3) is 0 Å². The molecule has 2 heterocycles. The van der Waals surface area contributed by atoms with Gasteiger partial charge in [-0.1, -0.05) is 6.92 Å². The second kappa shape index (κ2) is 6.16. The predicted molar refractivity (Wildman–Crippen MR) is 71.8 cm³/mol. The second-order valence-electron chi connectivity index (χ2n) is 5.20. The Kier molecular flexibility index (Phi) is 4.55. The Bertz CT molecular complexity index is 432. The molecule has 1 aliphatic rings. The first kappa shape index (κ1) is 14.0. The smallest absolute Gasteiger partial charge is 0.321 e. The molecular weight excluding hydrogens is 244 g/mol. The quantitative estimate of drug-likeness (QED) is 0.774. The molecule has 3 N–H and O–H groups in total. The largest absolute Gasteiger partial charge is 0.480 e. The number of imidazole rings is 1. The predicted octanol–water partition coefficient (Wildman–Crippen LogP) is 0.322. The van der Waals surface area contributed by atoms with E-state index in [0.29, 0.717) is 13.0 Å². The van der Waals surface area contributed by atoms with Crippen molar-refractivity contribution in [3.05, 3.63) is 18.2 Å². The molecule has 0 bridgehead atoms. The number of hydrogen-bond acceptors (Lipinski definition) is 4. The Morgan fingerprint density at radius 2 is 2.47 bits per heavy atom. The second-order valence-corrected chi connectivity index (χ2v) is 5.20. The van der Waals surface area contributed by atoms with Gasteiger partial charge in [0.1, 0.15) is 6.04 Å². The van der Waals surface area contributed by atoms with Gasteiger partial charge < -0.3 is 15.4 Å². The highest BCUT2D eigenvalue weighted by Crippen LogP contribution is 2.15. The summed E-state index contributed by atoms with van der Waals surface area (Å²) in [7, 11) is 0. The normalized spacial score (nSPS) is 21.7. The summed E-state index contributed by atoms with van der Waals surface area (Å²) in [6.45, 7) is 4.44. The number of nitrogens with zero attached hydrogens (tertiary/aromatic N) is 3. The van der Waals surface area contributed by atoms with Crippen LogP contribution in [-0.4, -0.2) is 50.7 Å². The van der Waals surface area contributed by atoms with Crippen LogP contribution in [0.3, 0.4) is 0 Å². The molecule has 1 saturated heterocycles. The fourth-order valence-corrected chi connectivity index (χ4v) is 2.56. The van der Waals surface area contributed by atoms with E-state index in [4.69, 9.17) is 5.73 Å². The summed E-state index contributed by atoms with van der Waals surface area (Å²) in [4.78, 5) is 17.7. The van der Waals surface area contributed by atoms with Crippen LogP contribution in [0.1, 0.15) is 25.5 Å². The average Bonchev–Trinajstić information content (AvgIpc) is 2.95. The Morgan fingerprint density at radius 3 is 3.05 bits per heavy atom. The zero-order valence-electron chi connectivity index (χ0n) is 11.3. The van der Waals surface area contributed by atoms with Gasteiger partial charge in [-0.2, -0.15) is 0 Å². The molecule has 0 spiro atoms. The van der Waals surface area contributed by atoms with Gasteiger partial charge in [0.2, 0.25) is 0 Å². The van der Waals surface area contributed by atoms with E-state index in [1.165, 1.54) is 0 Å². The minimum Gasteiger partial charge on any atom is -0.480 e. The fourth-order valence-electron chi connectivity index (χ4n) is 2.56. The molecule has 6 heteroatoms. The molecule has 0 unspecified atom stereocenters. The van der Waals surface area contributed by atoms with Crippen molar-refractivity contribution < 1.29 is 9.90 Å². The topological polar surface area (TPSA) is 84.4 Å². The first-order valence-electron chi connectivity index (χ1n) is 6.83. The molecule has 2 atom stereocenters. The molecule has 2 rings (SSSR count). The zero-order valence-corrected chi connectivity index (χ0v) is 11.3. The SMILES string of the molecule is CCCn1cnc(C[C@@H](C(=O)O)N2CC[C@H](N)C2)c1. The summed E-state index contributed by atoms with van der Waals surface area (Å²) >= 11 is 0. The summed E-state index contributed by atoms with van der Waals surface area (Å²) in [6.07, 6.45) is 6.06. The number of carboxylic acids is 1. The molecule has 1 fully saturated rings. The van der Waals surface area contributed by atoms with Crippen molar-refractivity contribution in [1.29, 1.82) is 0 Å². The van der Waals surface area contributed by atoms with E-state index < -0.39 is 12.0 Å². The van der Waals surface area contributed by atoms with Crippen LogP contribution >= 0.6 is 0 Å². The number of rotatable bonds is 6. The van der Waals surface area contributed by atoms with Crippen molar-refractivity contribution in [2.75, 3.05) is 13.1 Å². The summed E-state index contributed by atoms with van der Waals surface area (Å²) in [5, 5.41) is 9.37. The Morgan fingerprint density at radius 1 is 1.68 bits per heavy atom. The molecule has 0 saturated carbocycles. The van der Waals surface area contributed by atoms with Gasteiger partial charge in [-0.15, -0.1) is 0 Å². The van der Waals surface area contributed by atoms with E-state index in [2.05, 4.69) is 11.9 Å². The summed E-state index contributed by atoms with van der Waals surface area (Å²) in [5.74, 6) is -0.792. The molecule has 1 aromatic rings. The van der Waals surface area contributed by atoms with Gasteiger partial charge in [0, 0.05) is 38.3 Å². The average molecular weight is 266 g/mol. The van der Waals surface area contributed by atoms with Gasteiger partial charge >= 0.3 is 5.97 Å². The van der Waals surface area contributed by atoms with Gasteiger partial charge in [-0.25, -0.2) is 4.98 Å². The number of aliphatic carboxylic acids is 1. The van der Waals surface area contributed by atoms with Crippen molar-refractivity contribution in [1.82, 2.24) is 14.5 Å². The van der Waals surface area contributed by atoms with E-state index in [9.17, 15) is 9.90 Å². The molecule has 0 amide bonds. The molecular formula is C13H22N4O2. The number of aryl methyl sites for hydroxylation is 1. The van der Waals surface area contributed by atoms with Crippen LogP contribution in [0.25, 0.3) is 0 Å². The number of likely N-dealkylation sites (tertiary alicyclic amines) is 1. The summed E-state index contributed by atoms with van der Waals surface area (Å²) < 4.78 is 2.00. The van der Waals surface area contributed by atoms with Crippen LogP contribution in [0.5, 0.6) is 0 Å². The zero-order chi connectivity index (χ0) is 13.8. The highest BCUT2D eigenvalue weighted by atomic mass is 16.4. The molecule has 6 nitrogen and oxygen atoms in total. The van der Waals surface area contributed by atoms with Crippen molar-refractivity contribution in [3.63, 3.8) is 0 Å². The van der Waals surface area contributed by atoms with Crippen LogP contribution in [0, 0.1) is 0 Å². The minimum atomic E-state index is -0.792. The number of nitrogens with two attached hydrogens (primary N) is 1. The van der Waals surface area contributed by atoms with Gasteiger partial charge in [0.15, 0.2) is 0 Å². The molecule has 19 heavy (non-hydrogen) atoms. The standard InChI is InChI=1S/C13H22N4O2/c1-2-4-16-8-11(15-9-16)6-12(13(18)19)17-5-3-10(14)7-17/h8-10,12H,2-7,14H2,1H3,(H,18,19)/t10-,12-/m0/s1.